The molecule has 0 amide bonds. The van der Waals surface area contributed by atoms with Crippen LogP contribution in [0.3, 0.4) is 0 Å². The number of halogens is 3. The third-order valence-corrected chi connectivity index (χ3v) is 0. The minimum absolute atomic E-state index is 0. The van der Waals surface area contributed by atoms with Gasteiger partial charge in [0, 0.05) is 0 Å². The van der Waals surface area contributed by atoms with Crippen LogP contribution < -0.4 is 14.1 Å². The molecule has 4 heavy (non-hydrogen) atoms. The summed E-state index contributed by atoms with van der Waals surface area (Å²) in [6.45, 7) is 0. The summed E-state index contributed by atoms with van der Waals surface area (Å²) in [5, 5.41) is 0. The van der Waals surface area contributed by atoms with Crippen LogP contribution in [0.2, 0.25) is 0 Å². The van der Waals surface area contributed by atoms with Gasteiger partial charge in [0.1, 0.15) is 0 Å². The third-order valence-electron chi connectivity index (χ3n) is 0. The van der Waals surface area contributed by atoms with E-state index in [-0.39, 0.29) is 51.4 Å². The van der Waals surface area contributed by atoms with Crippen LogP contribution >= 0.6 is 0 Å². The Morgan fingerprint density at radius 2 is 0.500 bits per heavy atom. The van der Waals surface area contributed by atoms with Gasteiger partial charge >= 0.3 is 37.3 Å². The van der Waals surface area contributed by atoms with Crippen molar-refractivity contribution < 1.29 is 51.4 Å². The summed E-state index contributed by atoms with van der Waals surface area (Å²) >= 11 is 0. The summed E-state index contributed by atoms with van der Waals surface area (Å²) in [5.74, 6) is 0. The van der Waals surface area contributed by atoms with Crippen molar-refractivity contribution in [2.24, 2.45) is 0 Å². The molecule has 0 bridgehead atoms. The zero-order valence-electron chi connectivity index (χ0n) is 1.42. The molecule has 1 radical (unpaired) electrons. The number of hydrogen-bond acceptors (Lipinski definition) is 0. The molecule has 0 fully saturated rings. The van der Waals surface area contributed by atoms with Crippen LogP contribution in [0.1, 0.15) is 0 Å². The molecule has 0 unspecified atom stereocenters. The van der Waals surface area contributed by atoms with Gasteiger partial charge in [-0.1, -0.05) is 0 Å². The third kappa shape index (κ3) is 11.7. The molecule has 0 aliphatic rings. The average Bonchev–Trinajstić information content (AvgIpc) is 0. The van der Waals surface area contributed by atoms with Crippen molar-refractivity contribution in [3.05, 3.63) is 0 Å². The fraction of sp³-hybridized carbons (Fsp3) is 0. The predicted octanol–water partition coefficient (Wildman–Crippen LogP) is -8.99. The van der Waals surface area contributed by atoms with Gasteiger partial charge in [0.2, 0.25) is 0 Å². The van der Waals surface area contributed by atoms with Crippen molar-refractivity contribution >= 4 is 0 Å². The first-order valence-electron chi connectivity index (χ1n) is 0. The van der Waals surface area contributed by atoms with Crippen molar-refractivity contribution in [1.82, 2.24) is 0 Å². The van der Waals surface area contributed by atoms with Crippen LogP contribution in [-0.4, -0.2) is 0 Å². The van der Waals surface area contributed by atoms with Gasteiger partial charge in [-0.05, 0) is 0 Å². The molecule has 0 heterocycles. The molecule has 0 aromatic carbocycles. The summed E-state index contributed by atoms with van der Waals surface area (Å²) < 4.78 is 0. The Kier molecular flexibility index (Phi) is 661. The van der Waals surface area contributed by atoms with Crippen LogP contribution in [0, 0.1) is 37.3 Å². The summed E-state index contributed by atoms with van der Waals surface area (Å²) in [6, 6.07) is 0. The van der Waals surface area contributed by atoms with Gasteiger partial charge in [0.25, 0.3) is 0 Å². The van der Waals surface area contributed by atoms with Gasteiger partial charge in [0.15, 0.2) is 0 Å². The van der Waals surface area contributed by atoms with Crippen molar-refractivity contribution in [3.63, 3.8) is 0 Å². The molecule has 0 N–H and O–H groups in total. The summed E-state index contributed by atoms with van der Waals surface area (Å²) in [7, 11) is 0. The van der Waals surface area contributed by atoms with E-state index < -0.39 is 0 Å². The van der Waals surface area contributed by atoms with E-state index in [0.29, 0.717) is 0 Å². The zero-order chi connectivity index (χ0) is 0. The fourth-order valence-electron chi connectivity index (χ4n) is 0. The second-order valence-corrected chi connectivity index (χ2v) is 0. The number of rotatable bonds is 0. The molecule has 0 rings (SSSR count). The molecule has 4 heteroatoms. The Morgan fingerprint density at radius 3 is 0.500 bits per heavy atom. The minimum atomic E-state index is 0. The number of hydrogen-bond donors (Lipinski definition) is 0. The van der Waals surface area contributed by atoms with E-state index in [2.05, 4.69) is 0 Å². The van der Waals surface area contributed by atoms with Crippen molar-refractivity contribution in [3.8, 4) is 0 Å². The van der Waals surface area contributed by atoms with E-state index >= 15 is 0 Å². The topological polar surface area (TPSA) is 0 Å². The smallest absolute Gasteiger partial charge is 1.00 e. The molecular weight excluding hydrogens is 224 g/mol. The predicted molar refractivity (Wildman–Crippen MR) is 0 cm³/mol. The van der Waals surface area contributed by atoms with E-state index in [1.54, 1.807) is 0 Å². The molecule has 0 aromatic heterocycles. The van der Waals surface area contributed by atoms with Crippen LogP contribution in [0.15, 0.2) is 0 Å². The first kappa shape index (κ1) is 76.4. The Hall–Kier alpha value is 1.04. The summed E-state index contributed by atoms with van der Waals surface area (Å²) in [5.41, 5.74) is 0. The van der Waals surface area contributed by atoms with E-state index in [1.165, 1.54) is 0 Å². The van der Waals surface area contributed by atoms with Gasteiger partial charge < -0.3 is 14.1 Å². The van der Waals surface area contributed by atoms with Crippen molar-refractivity contribution in [1.29, 1.82) is 0 Å². The second-order valence-electron chi connectivity index (χ2n) is 0. The normalized spacial score (nSPS) is 0. The van der Waals surface area contributed by atoms with E-state index in [9.17, 15) is 0 Å². The van der Waals surface area contributed by atoms with Crippen LogP contribution in [0.5, 0.6) is 0 Å². The fourth-order valence-corrected chi connectivity index (χ4v) is 0. The van der Waals surface area contributed by atoms with Crippen molar-refractivity contribution in [2.45, 2.75) is 0 Å². The molecule has 0 aromatic rings. The molecule has 0 saturated heterocycles. The van der Waals surface area contributed by atoms with Crippen LogP contribution in [-0.2, 0) is 0 Å². The first-order chi connectivity index (χ1) is 0. The van der Waals surface area contributed by atoms with Crippen molar-refractivity contribution in [2.75, 3.05) is 0 Å². The van der Waals surface area contributed by atoms with Gasteiger partial charge in [-0.2, -0.15) is 0 Å². The maximum atomic E-state index is 0. The maximum absolute atomic E-state index is 0. The molecule has 33 valence electrons. The minimum Gasteiger partial charge on any atom is -1.00 e. The molecular formula is ErF3. The molecule has 0 atom stereocenters. The van der Waals surface area contributed by atoms with Crippen LogP contribution in [0.4, 0.5) is 0 Å². The first-order valence-corrected chi connectivity index (χ1v) is 0. The van der Waals surface area contributed by atoms with E-state index in [4.69, 9.17) is 0 Å². The monoisotopic (exact) mass is 223 g/mol. The zero-order valence-corrected chi connectivity index (χ0v) is 3.27. The van der Waals surface area contributed by atoms with Gasteiger partial charge in [-0.3, -0.25) is 0 Å². The Morgan fingerprint density at radius 1 is 0.500 bits per heavy atom. The second kappa shape index (κ2) is 34.6. The summed E-state index contributed by atoms with van der Waals surface area (Å²) in [6.07, 6.45) is 0. The van der Waals surface area contributed by atoms with Gasteiger partial charge in [0.05, 0.1) is 0 Å². The molecule has 0 aliphatic heterocycles. The van der Waals surface area contributed by atoms with Gasteiger partial charge in [-0.15, -0.1) is 0 Å². The van der Waals surface area contributed by atoms with E-state index in [0.717, 1.165) is 0 Å². The summed E-state index contributed by atoms with van der Waals surface area (Å²) in [4.78, 5) is 0. The Labute approximate surface area is 51.3 Å². The standard InChI is InChI=1S/Er.3FH/h;3*1H/q+3;;;/p-3. The average molecular weight is 224 g/mol. The molecule has 0 saturated carbocycles. The molecule has 0 spiro atoms. The van der Waals surface area contributed by atoms with Crippen LogP contribution in [0.25, 0.3) is 0 Å². The maximum Gasteiger partial charge on any atom is 3.00 e. The SMILES string of the molecule is [Er+3].[F-].[F-].[F-]. The quantitative estimate of drug-likeness (QED) is 0.383. The molecule has 0 aliphatic carbocycles. The Bertz CT molecular complexity index is 3.25. The van der Waals surface area contributed by atoms with E-state index in [1.807, 2.05) is 0 Å². The molecule has 0 nitrogen and oxygen atoms in total. The Balaban J connectivity index is 0. The van der Waals surface area contributed by atoms with Gasteiger partial charge in [-0.25, -0.2) is 0 Å². The largest absolute Gasteiger partial charge is 3.00 e.